The number of hydrogen-bond acceptors (Lipinski definition) is 2. The number of aromatic amines is 1. The number of nitrogens with zero attached hydrogens (tertiary/aromatic N) is 1. The number of rotatable bonds is 4. The Morgan fingerprint density at radius 3 is 3.06 bits per heavy atom. The number of nitrogens with one attached hydrogen (secondary N) is 2. The first-order chi connectivity index (χ1) is 7.79. The average molecular weight is 215 g/mol. The van der Waals surface area contributed by atoms with Crippen molar-refractivity contribution in [2.45, 2.75) is 12.8 Å². The molecule has 4 nitrogen and oxygen atoms in total. The zero-order valence-corrected chi connectivity index (χ0v) is 8.86. The molecule has 4 heteroatoms. The number of amides is 1. The second-order valence-corrected chi connectivity index (χ2v) is 3.48. The molecule has 1 aromatic carbocycles. The number of carbonyl (C=O) groups excluding carboxylic acids is 1. The maximum absolute atomic E-state index is 11.4. The Hall–Kier alpha value is -2.10. The summed E-state index contributed by atoms with van der Waals surface area (Å²) in [7, 11) is 0. The van der Waals surface area contributed by atoms with Gasteiger partial charge in [-0.05, 0) is 18.6 Å². The minimum absolute atomic E-state index is 0.0565. The maximum Gasteiger partial charge on any atom is 0.226 e. The summed E-state index contributed by atoms with van der Waals surface area (Å²) in [6.45, 7) is 3.57. The van der Waals surface area contributed by atoms with Gasteiger partial charge in [-0.1, -0.05) is 18.2 Å². The van der Waals surface area contributed by atoms with Gasteiger partial charge in [0.1, 0.15) is 0 Å². The van der Waals surface area contributed by atoms with Crippen LogP contribution in [0.5, 0.6) is 0 Å². The minimum atomic E-state index is -0.0565. The van der Waals surface area contributed by atoms with Crippen molar-refractivity contribution < 1.29 is 4.79 Å². The Labute approximate surface area is 93.4 Å². The third-order valence-corrected chi connectivity index (χ3v) is 2.22. The van der Waals surface area contributed by atoms with Crippen LogP contribution in [0, 0.1) is 0 Å². The van der Waals surface area contributed by atoms with E-state index in [9.17, 15) is 4.79 Å². The van der Waals surface area contributed by atoms with Crippen LogP contribution in [-0.4, -0.2) is 15.9 Å². The van der Waals surface area contributed by atoms with E-state index in [-0.39, 0.29) is 5.91 Å². The summed E-state index contributed by atoms with van der Waals surface area (Å²) in [5, 5.41) is 2.71. The Balaban J connectivity index is 2.09. The summed E-state index contributed by atoms with van der Waals surface area (Å²) in [6.07, 6.45) is 2.82. The molecular formula is C12H13N3O. The molecule has 0 spiro atoms. The Morgan fingerprint density at radius 2 is 2.31 bits per heavy atom. The molecule has 2 N–H and O–H groups in total. The van der Waals surface area contributed by atoms with Crippen LogP contribution in [0.1, 0.15) is 12.8 Å². The first-order valence-corrected chi connectivity index (χ1v) is 5.15. The van der Waals surface area contributed by atoms with Crippen molar-refractivity contribution in [3.63, 3.8) is 0 Å². The smallest absolute Gasteiger partial charge is 0.226 e. The number of H-pyrrole nitrogens is 1. The first kappa shape index (κ1) is 10.4. The molecule has 0 aliphatic rings. The van der Waals surface area contributed by atoms with E-state index < -0.39 is 0 Å². The molecule has 0 radical (unpaired) electrons. The lowest BCUT2D eigenvalue weighted by Crippen LogP contribution is -2.11. The fourth-order valence-electron chi connectivity index (χ4n) is 1.44. The van der Waals surface area contributed by atoms with Crippen LogP contribution in [0.3, 0.4) is 0 Å². The van der Waals surface area contributed by atoms with Crippen LogP contribution in [0.25, 0.3) is 11.0 Å². The van der Waals surface area contributed by atoms with E-state index in [4.69, 9.17) is 0 Å². The molecule has 0 atom stereocenters. The molecule has 0 aliphatic carbocycles. The maximum atomic E-state index is 11.4. The van der Waals surface area contributed by atoms with Crippen LogP contribution in [0.15, 0.2) is 36.9 Å². The van der Waals surface area contributed by atoms with E-state index in [2.05, 4.69) is 21.9 Å². The van der Waals surface area contributed by atoms with Crippen LogP contribution in [-0.2, 0) is 4.79 Å². The van der Waals surface area contributed by atoms with Gasteiger partial charge in [-0.15, -0.1) is 6.58 Å². The van der Waals surface area contributed by atoms with Crippen LogP contribution >= 0.6 is 0 Å². The Bertz CT molecular complexity index is 483. The summed E-state index contributed by atoms with van der Waals surface area (Å²) < 4.78 is 0. The molecule has 0 bridgehead atoms. The van der Waals surface area contributed by atoms with Gasteiger partial charge >= 0.3 is 0 Å². The summed E-state index contributed by atoms with van der Waals surface area (Å²) in [4.78, 5) is 18.7. The summed E-state index contributed by atoms with van der Waals surface area (Å²) in [5.74, 6) is 0.439. The highest BCUT2D eigenvalue weighted by molar-refractivity contribution is 5.91. The quantitative estimate of drug-likeness (QED) is 0.770. The van der Waals surface area contributed by atoms with Gasteiger partial charge in [-0.3, -0.25) is 10.1 Å². The number of aromatic nitrogens is 2. The molecule has 0 saturated heterocycles. The summed E-state index contributed by atoms with van der Waals surface area (Å²) in [6, 6.07) is 7.64. The predicted molar refractivity (Wildman–Crippen MR) is 64.2 cm³/mol. The van der Waals surface area contributed by atoms with Crippen molar-refractivity contribution in [2.75, 3.05) is 5.32 Å². The number of fused-ring (bicyclic) bond motifs is 1. The van der Waals surface area contributed by atoms with Gasteiger partial charge in [0, 0.05) is 6.42 Å². The molecule has 0 unspecified atom stereocenters. The number of carbonyl (C=O) groups is 1. The molecule has 0 saturated carbocycles. The predicted octanol–water partition coefficient (Wildman–Crippen LogP) is 2.47. The number of imidazole rings is 1. The lowest BCUT2D eigenvalue weighted by molar-refractivity contribution is -0.116. The van der Waals surface area contributed by atoms with Crippen LogP contribution in [0.2, 0.25) is 0 Å². The number of hydrogen-bond donors (Lipinski definition) is 2. The lowest BCUT2D eigenvalue weighted by atomic mass is 10.3. The second kappa shape index (κ2) is 4.61. The second-order valence-electron chi connectivity index (χ2n) is 3.48. The topological polar surface area (TPSA) is 57.8 Å². The number of benzene rings is 1. The standard InChI is InChI=1S/C12H13N3O/c1-2-3-8-11(16)15-12-13-9-6-4-5-7-10(9)14-12/h2,4-7H,1,3,8H2,(H2,13,14,15,16). The van der Waals surface area contributed by atoms with E-state index in [1.54, 1.807) is 6.08 Å². The molecule has 82 valence electrons. The molecule has 2 aromatic rings. The average Bonchev–Trinajstić information content (AvgIpc) is 2.68. The molecule has 1 heterocycles. The monoisotopic (exact) mass is 215 g/mol. The van der Waals surface area contributed by atoms with Gasteiger partial charge in [0.25, 0.3) is 0 Å². The fourth-order valence-corrected chi connectivity index (χ4v) is 1.44. The van der Waals surface area contributed by atoms with Crippen molar-refractivity contribution in [3.8, 4) is 0 Å². The highest BCUT2D eigenvalue weighted by Gasteiger charge is 2.05. The molecule has 1 amide bonds. The Kier molecular flexibility index (Phi) is 3.00. The molecule has 0 fully saturated rings. The lowest BCUT2D eigenvalue weighted by Gasteiger charge is -1.98. The minimum Gasteiger partial charge on any atom is -0.324 e. The van der Waals surface area contributed by atoms with Crippen molar-refractivity contribution in [1.29, 1.82) is 0 Å². The molecular weight excluding hydrogens is 202 g/mol. The fraction of sp³-hybridized carbons (Fsp3) is 0.167. The van der Waals surface area contributed by atoms with Crippen molar-refractivity contribution >= 4 is 22.9 Å². The number of allylic oxidation sites excluding steroid dienone is 1. The zero-order chi connectivity index (χ0) is 11.4. The number of anilines is 1. The third kappa shape index (κ3) is 2.28. The molecule has 0 aliphatic heterocycles. The third-order valence-electron chi connectivity index (χ3n) is 2.22. The molecule has 16 heavy (non-hydrogen) atoms. The van der Waals surface area contributed by atoms with Crippen molar-refractivity contribution in [3.05, 3.63) is 36.9 Å². The van der Waals surface area contributed by atoms with Gasteiger partial charge in [0.2, 0.25) is 11.9 Å². The van der Waals surface area contributed by atoms with E-state index in [1.165, 1.54) is 0 Å². The van der Waals surface area contributed by atoms with Crippen molar-refractivity contribution in [1.82, 2.24) is 9.97 Å². The van der Waals surface area contributed by atoms with Crippen LogP contribution in [0.4, 0.5) is 5.95 Å². The van der Waals surface area contributed by atoms with Gasteiger partial charge in [0.05, 0.1) is 11.0 Å². The molecule has 2 rings (SSSR count). The van der Waals surface area contributed by atoms with E-state index in [1.807, 2.05) is 24.3 Å². The highest BCUT2D eigenvalue weighted by atomic mass is 16.1. The zero-order valence-electron chi connectivity index (χ0n) is 8.86. The SMILES string of the molecule is C=CCCC(=O)Nc1nc2ccccc2[nH]1. The Morgan fingerprint density at radius 1 is 1.50 bits per heavy atom. The van der Waals surface area contributed by atoms with Crippen LogP contribution < -0.4 is 5.32 Å². The summed E-state index contributed by atoms with van der Waals surface area (Å²) in [5.41, 5.74) is 1.77. The molecule has 1 aromatic heterocycles. The van der Waals surface area contributed by atoms with Gasteiger partial charge in [0.15, 0.2) is 0 Å². The van der Waals surface area contributed by atoms with Gasteiger partial charge in [-0.2, -0.15) is 0 Å². The number of para-hydroxylation sites is 2. The van der Waals surface area contributed by atoms with Gasteiger partial charge < -0.3 is 4.98 Å². The largest absolute Gasteiger partial charge is 0.324 e. The van der Waals surface area contributed by atoms with Gasteiger partial charge in [-0.25, -0.2) is 4.98 Å². The van der Waals surface area contributed by atoms with Crippen molar-refractivity contribution in [2.24, 2.45) is 0 Å². The first-order valence-electron chi connectivity index (χ1n) is 5.15. The van der Waals surface area contributed by atoms with E-state index >= 15 is 0 Å². The van der Waals surface area contributed by atoms with E-state index in [0.717, 1.165) is 11.0 Å². The summed E-state index contributed by atoms with van der Waals surface area (Å²) >= 11 is 0. The highest BCUT2D eigenvalue weighted by Crippen LogP contribution is 2.13. The van der Waals surface area contributed by atoms with E-state index in [0.29, 0.717) is 18.8 Å². The normalized spacial score (nSPS) is 10.2.